The van der Waals surface area contributed by atoms with Crippen LogP contribution in [-0.4, -0.2) is 110 Å². The maximum atomic E-state index is 14.0. The Morgan fingerprint density at radius 3 is 2.37 bits per heavy atom. The number of rotatable bonds is 8. The number of phenols is 1. The largest absolute Gasteiger partial charge is 0.507 e. The van der Waals surface area contributed by atoms with Crippen LogP contribution >= 0.6 is 0 Å². The molecule has 3 aliphatic rings. The number of phenolic OH excluding ortho intramolecular Hbond substituents is 1. The van der Waals surface area contributed by atoms with E-state index >= 15 is 0 Å². The number of aliphatic hydroxyl groups excluding tert-OH is 2. The van der Waals surface area contributed by atoms with Crippen LogP contribution in [0.25, 0.3) is 5.76 Å². The number of ketones is 2. The van der Waals surface area contributed by atoms with E-state index in [-0.39, 0.29) is 42.7 Å². The maximum Gasteiger partial charge on any atom is 0.230 e. The molecule has 3 aliphatic carbocycles. The highest BCUT2D eigenvalue weighted by Crippen LogP contribution is 2.53. The van der Waals surface area contributed by atoms with Gasteiger partial charge in [0, 0.05) is 43.9 Å². The molecule has 7 N–H and O–H groups in total. The van der Waals surface area contributed by atoms with Gasteiger partial charge in [0.15, 0.2) is 11.4 Å². The number of sulfonamides is 1. The molecule has 1 aromatic rings. The smallest absolute Gasteiger partial charge is 0.230 e. The van der Waals surface area contributed by atoms with Crippen molar-refractivity contribution >= 4 is 38.9 Å². The summed E-state index contributed by atoms with van der Waals surface area (Å²) in [6, 6.07) is 0.788. The van der Waals surface area contributed by atoms with Crippen molar-refractivity contribution < 1.29 is 43.2 Å². The number of anilines is 1. The van der Waals surface area contributed by atoms with E-state index in [2.05, 4.69) is 4.72 Å². The zero-order valence-corrected chi connectivity index (χ0v) is 24.5. The summed E-state index contributed by atoms with van der Waals surface area (Å²) >= 11 is 0. The van der Waals surface area contributed by atoms with E-state index in [0.29, 0.717) is 23.2 Å². The first kappa shape index (κ1) is 30.9. The second-order valence-electron chi connectivity index (χ2n) is 11.7. The molecule has 13 nitrogen and oxygen atoms in total. The number of primary amides is 1. The minimum absolute atomic E-state index is 0.00262. The number of amides is 1. The van der Waals surface area contributed by atoms with Gasteiger partial charge in [-0.15, -0.1) is 0 Å². The Hall–Kier alpha value is -3.04. The second kappa shape index (κ2) is 10.7. The minimum atomic E-state index is -3.40. The number of hydrogen-bond acceptors (Lipinski definition) is 11. The predicted octanol–water partition coefficient (Wildman–Crippen LogP) is -1.32. The van der Waals surface area contributed by atoms with Crippen molar-refractivity contribution in [3.63, 3.8) is 0 Å². The Kier molecular flexibility index (Phi) is 8.04. The highest BCUT2D eigenvalue weighted by molar-refractivity contribution is 7.88. The van der Waals surface area contributed by atoms with Crippen LogP contribution in [0.15, 0.2) is 11.6 Å². The number of nitrogens with one attached hydrogen (secondary N) is 1. The fourth-order valence-corrected chi connectivity index (χ4v) is 7.35. The van der Waals surface area contributed by atoms with Crippen LogP contribution in [0.1, 0.15) is 29.5 Å². The molecular weight excluding hydrogens is 556 g/mol. The van der Waals surface area contributed by atoms with Crippen molar-refractivity contribution in [3.8, 4) is 5.75 Å². The molecule has 2 saturated carbocycles. The fourth-order valence-electron chi connectivity index (χ4n) is 6.83. The first-order valence-electron chi connectivity index (χ1n) is 13.3. The molecule has 0 aliphatic heterocycles. The molecule has 2 fully saturated rings. The number of nitrogens with zero attached hydrogens (tertiary/aromatic N) is 2. The molecule has 0 radical (unpaired) electrons. The predicted molar refractivity (Wildman–Crippen MR) is 150 cm³/mol. The van der Waals surface area contributed by atoms with Crippen LogP contribution in [-0.2, 0) is 37.2 Å². The molecule has 0 bridgehead atoms. The van der Waals surface area contributed by atoms with Gasteiger partial charge in [-0.2, -0.15) is 0 Å². The van der Waals surface area contributed by atoms with Crippen molar-refractivity contribution in [2.75, 3.05) is 45.9 Å². The van der Waals surface area contributed by atoms with Crippen molar-refractivity contribution in [2.24, 2.45) is 23.5 Å². The highest BCUT2D eigenvalue weighted by atomic mass is 32.2. The molecule has 6 atom stereocenters. The Balaban J connectivity index is 1.84. The van der Waals surface area contributed by atoms with E-state index in [1.54, 1.807) is 44.1 Å². The second-order valence-corrected chi connectivity index (χ2v) is 13.5. The average molecular weight is 595 g/mol. The van der Waals surface area contributed by atoms with E-state index in [1.165, 1.54) is 0 Å². The van der Waals surface area contributed by atoms with E-state index in [9.17, 15) is 43.2 Å². The number of aromatic hydroxyl groups is 1. The quantitative estimate of drug-likeness (QED) is 0.153. The summed E-state index contributed by atoms with van der Waals surface area (Å²) in [7, 11) is 3.36. The van der Waals surface area contributed by atoms with E-state index in [4.69, 9.17) is 5.73 Å². The molecule has 0 spiro atoms. The molecule has 0 heterocycles. The third-order valence-corrected chi connectivity index (χ3v) is 9.34. The average Bonchev–Trinajstić information content (AvgIpc) is 2.83. The Morgan fingerprint density at radius 2 is 1.83 bits per heavy atom. The van der Waals surface area contributed by atoms with E-state index < -0.39 is 68.8 Å². The summed E-state index contributed by atoms with van der Waals surface area (Å²) in [6.45, 7) is 0.122. The van der Waals surface area contributed by atoms with Gasteiger partial charge in [-0.1, -0.05) is 0 Å². The first-order chi connectivity index (χ1) is 18.9. The molecule has 226 valence electrons. The molecule has 0 saturated heterocycles. The van der Waals surface area contributed by atoms with Crippen LogP contribution in [0.3, 0.4) is 0 Å². The van der Waals surface area contributed by atoms with Crippen LogP contribution in [0, 0.1) is 17.8 Å². The Bertz CT molecular complexity index is 1440. The first-order valence-corrected chi connectivity index (χ1v) is 15.2. The van der Waals surface area contributed by atoms with Crippen LogP contribution in [0.2, 0.25) is 0 Å². The number of benzene rings is 1. The number of carbonyl (C=O) groups excluding carboxylic acids is 3. The summed E-state index contributed by atoms with van der Waals surface area (Å²) in [5.41, 5.74) is 4.11. The third kappa shape index (κ3) is 5.01. The van der Waals surface area contributed by atoms with Crippen LogP contribution in [0.4, 0.5) is 5.69 Å². The van der Waals surface area contributed by atoms with Gasteiger partial charge < -0.3 is 36.0 Å². The molecule has 4 rings (SSSR count). The van der Waals surface area contributed by atoms with E-state index in [0.717, 1.165) is 6.26 Å². The van der Waals surface area contributed by atoms with Crippen molar-refractivity contribution in [2.45, 2.75) is 43.4 Å². The lowest BCUT2D eigenvalue weighted by Gasteiger charge is -2.53. The molecule has 14 heteroatoms. The number of fused-ring (bicyclic) bond motifs is 3. The minimum Gasteiger partial charge on any atom is -0.507 e. The Morgan fingerprint density at radius 1 is 1.20 bits per heavy atom. The van der Waals surface area contributed by atoms with Gasteiger partial charge in [-0.25, -0.2) is 13.1 Å². The molecule has 41 heavy (non-hydrogen) atoms. The number of aliphatic hydroxyl groups is 3. The monoisotopic (exact) mass is 594 g/mol. The number of likely N-dealkylation sites (N-methyl/N-ethyl adjacent to an activating group) is 1. The van der Waals surface area contributed by atoms with Gasteiger partial charge >= 0.3 is 0 Å². The summed E-state index contributed by atoms with van der Waals surface area (Å²) in [4.78, 5) is 43.0. The molecule has 1 amide bonds. The lowest BCUT2D eigenvalue weighted by atomic mass is 9.54. The normalized spacial score (nSPS) is 29.7. The summed E-state index contributed by atoms with van der Waals surface area (Å²) < 4.78 is 25.2. The molecular formula is C27H38N4O9S. The molecule has 0 aromatic heterocycles. The van der Waals surface area contributed by atoms with Gasteiger partial charge in [0.25, 0.3) is 0 Å². The Labute approximate surface area is 238 Å². The van der Waals surface area contributed by atoms with Gasteiger partial charge in [0.05, 0.1) is 17.9 Å². The van der Waals surface area contributed by atoms with Gasteiger partial charge in [0.1, 0.15) is 17.4 Å². The van der Waals surface area contributed by atoms with Crippen LogP contribution < -0.4 is 15.4 Å². The summed E-state index contributed by atoms with van der Waals surface area (Å²) in [6.07, 6.45) is 0.292. The van der Waals surface area contributed by atoms with Gasteiger partial charge in [-0.3, -0.25) is 14.4 Å². The number of hydrogen-bond donors (Lipinski definition) is 6. The molecule has 2 unspecified atom stereocenters. The fraction of sp³-hybridized carbons (Fsp3) is 0.593. The number of carbonyl (C=O) groups is 3. The number of aryl methyl sites for hydroxylation is 1. The maximum absolute atomic E-state index is 14.0. The third-order valence-electron chi connectivity index (χ3n) is 8.61. The zero-order chi connectivity index (χ0) is 30.8. The standard InChI is InChI=1S/C27H38N4O9S/c1-30(2)16-11-12(7-6-8-29-41(5,39)40)21(32)18-14(16)9-13-10-15-20(31(3)4)23(34)19(26(28)37)25(36)27(15,38)24(35)17(13)22(18)33/h11,13,15,19-20,23,29,32-34,38H,6-10H2,1-5H3,(H2,28,37)/t13-,15-,19?,20-,23?,27-/m1/s1. The van der Waals surface area contributed by atoms with E-state index in [1.807, 2.05) is 0 Å². The highest BCUT2D eigenvalue weighted by Gasteiger charge is 2.67. The summed E-state index contributed by atoms with van der Waals surface area (Å²) in [5.74, 6) is -7.90. The van der Waals surface area contributed by atoms with Crippen LogP contribution in [0.5, 0.6) is 5.75 Å². The van der Waals surface area contributed by atoms with Crippen molar-refractivity contribution in [1.82, 2.24) is 9.62 Å². The molecule has 1 aromatic carbocycles. The number of nitrogens with two attached hydrogens (primary N) is 1. The van der Waals surface area contributed by atoms with Gasteiger partial charge in [-0.05, 0) is 62.9 Å². The number of Topliss-reactive ketones (excluding diaryl/α,β-unsaturated/α-hetero) is 2. The van der Waals surface area contributed by atoms with Gasteiger partial charge in [0.2, 0.25) is 21.7 Å². The lowest BCUT2D eigenvalue weighted by Crippen LogP contribution is -2.73. The topological polar surface area (TPSA) is 211 Å². The van der Waals surface area contributed by atoms with Crippen molar-refractivity contribution in [3.05, 3.63) is 28.3 Å². The SMILES string of the molecule is CN(C)c1cc(CCCNS(C)(=O)=O)c(O)c2c1C[C@@H]1C[C@@H]3[C@@H](N(C)C)C(O)C(C(N)=O)C(=O)[C@]3(O)C(=O)C1=C2O. The zero-order valence-electron chi connectivity index (χ0n) is 23.7. The lowest BCUT2D eigenvalue weighted by molar-refractivity contribution is -0.184. The summed E-state index contributed by atoms with van der Waals surface area (Å²) in [5, 5.41) is 45.5. The van der Waals surface area contributed by atoms with Crippen molar-refractivity contribution in [1.29, 1.82) is 0 Å².